The van der Waals surface area contributed by atoms with E-state index in [-0.39, 0.29) is 28.9 Å². The number of carbonyl (C=O) groups excluding carboxylic acids is 1. The van der Waals surface area contributed by atoms with E-state index in [0.717, 1.165) is 11.1 Å². The number of anilines is 1. The van der Waals surface area contributed by atoms with Crippen LogP contribution in [0.3, 0.4) is 0 Å². The molecule has 29 heavy (non-hydrogen) atoms. The summed E-state index contributed by atoms with van der Waals surface area (Å²) in [4.78, 5) is 13.2. The van der Waals surface area contributed by atoms with Crippen molar-refractivity contribution in [1.82, 2.24) is 5.32 Å². The number of nitrogen functional groups attached to an aromatic ring is 1. The zero-order valence-electron chi connectivity index (χ0n) is 16.6. The molecule has 0 atom stereocenters. The smallest absolute Gasteiger partial charge is 0.254 e. The summed E-state index contributed by atoms with van der Waals surface area (Å²) in [7, 11) is 4.44. The molecule has 0 fully saturated rings. The predicted octanol–water partition coefficient (Wildman–Crippen LogP) is 3.81. The Hall–Kier alpha value is -3.67. The number of ether oxygens (including phenoxy) is 3. The van der Waals surface area contributed by atoms with Crippen LogP contribution in [0.15, 0.2) is 66.7 Å². The fraction of sp³-hybridized carbons (Fsp3) is 0.174. The van der Waals surface area contributed by atoms with Crippen LogP contribution in [0.25, 0.3) is 0 Å². The standard InChI is InChI=1S/C23H24N2O4/c1-27-18-14-17(19(24)22(29-3)21(18)28-2)23(26)25-20(15-10-6-4-7-11-15)16-12-8-5-9-13-16/h4-14,20H,24H2,1-3H3,(H,25,26). The molecule has 6 heteroatoms. The molecule has 3 N–H and O–H groups in total. The van der Waals surface area contributed by atoms with E-state index in [9.17, 15) is 4.79 Å². The van der Waals surface area contributed by atoms with E-state index >= 15 is 0 Å². The largest absolute Gasteiger partial charge is 0.493 e. The first kappa shape index (κ1) is 20.1. The molecular weight excluding hydrogens is 368 g/mol. The van der Waals surface area contributed by atoms with E-state index in [4.69, 9.17) is 19.9 Å². The third-order valence-corrected chi connectivity index (χ3v) is 4.65. The molecule has 6 nitrogen and oxygen atoms in total. The summed E-state index contributed by atoms with van der Waals surface area (Å²) in [6.45, 7) is 0. The summed E-state index contributed by atoms with van der Waals surface area (Å²) < 4.78 is 16.1. The maximum Gasteiger partial charge on any atom is 0.254 e. The van der Waals surface area contributed by atoms with Crippen molar-refractivity contribution in [3.63, 3.8) is 0 Å². The third kappa shape index (κ3) is 4.11. The Morgan fingerprint density at radius 1 is 0.828 bits per heavy atom. The average molecular weight is 392 g/mol. The van der Waals surface area contributed by atoms with E-state index in [1.54, 1.807) is 6.07 Å². The lowest BCUT2D eigenvalue weighted by molar-refractivity contribution is 0.0943. The number of hydrogen-bond donors (Lipinski definition) is 2. The first-order valence-electron chi connectivity index (χ1n) is 9.09. The second-order valence-corrected chi connectivity index (χ2v) is 6.33. The number of rotatable bonds is 7. The molecule has 0 saturated heterocycles. The molecule has 3 rings (SSSR count). The highest BCUT2D eigenvalue weighted by Crippen LogP contribution is 2.43. The van der Waals surface area contributed by atoms with Crippen LogP contribution in [-0.4, -0.2) is 27.2 Å². The molecule has 3 aromatic carbocycles. The summed E-state index contributed by atoms with van der Waals surface area (Å²) in [5.74, 6) is 0.610. The van der Waals surface area contributed by atoms with E-state index in [1.165, 1.54) is 21.3 Å². The average Bonchev–Trinajstić information content (AvgIpc) is 2.77. The quantitative estimate of drug-likeness (QED) is 0.598. The fourth-order valence-corrected chi connectivity index (χ4v) is 3.23. The van der Waals surface area contributed by atoms with Crippen molar-refractivity contribution in [3.8, 4) is 17.2 Å². The van der Waals surface area contributed by atoms with Crippen molar-refractivity contribution in [3.05, 3.63) is 83.4 Å². The summed E-state index contributed by atoms with van der Waals surface area (Å²) in [5.41, 5.74) is 8.57. The molecule has 3 aromatic rings. The topological polar surface area (TPSA) is 82.8 Å². The summed E-state index contributed by atoms with van der Waals surface area (Å²) >= 11 is 0. The van der Waals surface area contributed by atoms with Crippen molar-refractivity contribution in [2.75, 3.05) is 27.1 Å². The molecule has 0 aliphatic rings. The van der Waals surface area contributed by atoms with Gasteiger partial charge in [0.05, 0.1) is 38.6 Å². The third-order valence-electron chi connectivity index (χ3n) is 4.65. The molecule has 0 aliphatic heterocycles. The molecule has 0 aromatic heterocycles. The number of hydrogen-bond acceptors (Lipinski definition) is 5. The Kier molecular flexibility index (Phi) is 6.24. The molecular formula is C23H24N2O4. The van der Waals surface area contributed by atoms with E-state index in [1.807, 2.05) is 60.7 Å². The van der Waals surface area contributed by atoms with Gasteiger partial charge < -0.3 is 25.3 Å². The molecule has 150 valence electrons. The van der Waals surface area contributed by atoms with Gasteiger partial charge >= 0.3 is 0 Å². The minimum Gasteiger partial charge on any atom is -0.493 e. The molecule has 0 saturated carbocycles. The van der Waals surface area contributed by atoms with Crippen LogP contribution >= 0.6 is 0 Å². The molecule has 0 spiro atoms. The van der Waals surface area contributed by atoms with Crippen molar-refractivity contribution in [2.24, 2.45) is 0 Å². The van der Waals surface area contributed by atoms with Crippen molar-refractivity contribution < 1.29 is 19.0 Å². The molecule has 1 amide bonds. The van der Waals surface area contributed by atoms with Gasteiger partial charge in [0.15, 0.2) is 11.5 Å². The highest BCUT2D eigenvalue weighted by molar-refractivity contribution is 6.02. The van der Waals surface area contributed by atoms with Gasteiger partial charge in [-0.15, -0.1) is 0 Å². The number of carbonyl (C=O) groups is 1. The van der Waals surface area contributed by atoms with Crippen molar-refractivity contribution in [2.45, 2.75) is 6.04 Å². The van der Waals surface area contributed by atoms with Crippen LogP contribution in [0.4, 0.5) is 5.69 Å². The van der Waals surface area contributed by atoms with Crippen molar-refractivity contribution in [1.29, 1.82) is 0 Å². The monoisotopic (exact) mass is 392 g/mol. The number of methoxy groups -OCH3 is 3. The van der Waals surface area contributed by atoms with Gasteiger partial charge in [-0.25, -0.2) is 0 Å². The maximum absolute atomic E-state index is 13.2. The SMILES string of the molecule is COc1cc(C(=O)NC(c2ccccc2)c2ccccc2)c(N)c(OC)c1OC. The van der Waals surface area contributed by atoms with Gasteiger partial charge in [-0.2, -0.15) is 0 Å². The summed E-state index contributed by atoms with van der Waals surface area (Å²) in [5, 5.41) is 3.08. The lowest BCUT2D eigenvalue weighted by atomic mass is 9.98. The first-order chi connectivity index (χ1) is 14.1. The normalized spacial score (nSPS) is 10.5. The predicted molar refractivity (Wildman–Crippen MR) is 113 cm³/mol. The van der Waals surface area contributed by atoms with Crippen LogP contribution in [0, 0.1) is 0 Å². The van der Waals surface area contributed by atoms with E-state index in [0.29, 0.717) is 11.5 Å². The number of nitrogens with one attached hydrogen (secondary N) is 1. The lowest BCUT2D eigenvalue weighted by Gasteiger charge is -2.22. The van der Waals surface area contributed by atoms with Crippen LogP contribution in [0.1, 0.15) is 27.5 Å². The second-order valence-electron chi connectivity index (χ2n) is 6.33. The van der Waals surface area contributed by atoms with E-state index in [2.05, 4.69) is 5.32 Å². The Balaban J connectivity index is 2.03. The van der Waals surface area contributed by atoms with Gasteiger partial charge in [-0.05, 0) is 17.2 Å². The van der Waals surface area contributed by atoms with Gasteiger partial charge in [0.25, 0.3) is 5.91 Å². The molecule has 0 heterocycles. The van der Waals surface area contributed by atoms with Crippen LogP contribution in [0.5, 0.6) is 17.2 Å². The molecule has 0 bridgehead atoms. The maximum atomic E-state index is 13.2. The van der Waals surface area contributed by atoms with Gasteiger partial charge in [0.2, 0.25) is 5.75 Å². The van der Waals surface area contributed by atoms with Gasteiger partial charge in [-0.1, -0.05) is 60.7 Å². The number of benzene rings is 3. The van der Waals surface area contributed by atoms with Crippen LogP contribution < -0.4 is 25.3 Å². The second kappa shape index (κ2) is 9.01. The Morgan fingerprint density at radius 3 is 1.79 bits per heavy atom. The summed E-state index contributed by atoms with van der Waals surface area (Å²) in [6, 6.07) is 20.7. The summed E-state index contributed by atoms with van der Waals surface area (Å²) in [6.07, 6.45) is 0. The van der Waals surface area contributed by atoms with Crippen molar-refractivity contribution >= 4 is 11.6 Å². The Labute approximate surface area is 170 Å². The first-order valence-corrected chi connectivity index (χ1v) is 9.09. The minimum atomic E-state index is -0.348. The Morgan fingerprint density at radius 2 is 1.34 bits per heavy atom. The minimum absolute atomic E-state index is 0.183. The van der Waals surface area contributed by atoms with Crippen LogP contribution in [0.2, 0.25) is 0 Å². The Bertz CT molecular complexity index is 936. The number of amides is 1. The zero-order chi connectivity index (χ0) is 20.8. The van der Waals surface area contributed by atoms with Gasteiger partial charge in [0.1, 0.15) is 0 Å². The highest BCUT2D eigenvalue weighted by atomic mass is 16.5. The molecule has 0 unspecified atom stereocenters. The van der Waals surface area contributed by atoms with Gasteiger partial charge in [-0.3, -0.25) is 4.79 Å². The molecule has 0 aliphatic carbocycles. The fourth-order valence-electron chi connectivity index (χ4n) is 3.23. The van der Waals surface area contributed by atoms with Crippen LogP contribution in [-0.2, 0) is 0 Å². The molecule has 0 radical (unpaired) electrons. The highest BCUT2D eigenvalue weighted by Gasteiger charge is 2.25. The lowest BCUT2D eigenvalue weighted by Crippen LogP contribution is -2.30. The number of nitrogens with two attached hydrogens (primary N) is 1. The zero-order valence-corrected chi connectivity index (χ0v) is 16.6. The van der Waals surface area contributed by atoms with Gasteiger partial charge in [0, 0.05) is 0 Å². The van der Waals surface area contributed by atoms with E-state index < -0.39 is 0 Å².